The van der Waals surface area contributed by atoms with Gasteiger partial charge in [0, 0.05) is 38.8 Å². The Bertz CT molecular complexity index is 1450. The van der Waals surface area contributed by atoms with Gasteiger partial charge >= 0.3 is 83.6 Å². The first kappa shape index (κ1) is 67.9. The summed E-state index contributed by atoms with van der Waals surface area (Å²) < 4.78 is 344. The van der Waals surface area contributed by atoms with Crippen molar-refractivity contribution in [2.24, 2.45) is 0 Å². The lowest BCUT2D eigenvalue weighted by Crippen LogP contribution is -3.00. The van der Waals surface area contributed by atoms with Crippen molar-refractivity contribution in [2.75, 3.05) is 80.5 Å². The highest BCUT2D eigenvalue weighted by atomic mass is 79.9. The monoisotopic (exact) mass is 1170 g/mol. The van der Waals surface area contributed by atoms with Gasteiger partial charge < -0.3 is 64.2 Å². The third-order valence-electron chi connectivity index (χ3n) is 9.23. The van der Waals surface area contributed by atoms with Gasteiger partial charge in [-0.1, -0.05) is 0 Å². The number of alkyl halides is 26. The molecule has 0 aromatic carbocycles. The van der Waals surface area contributed by atoms with Crippen LogP contribution in [0.15, 0.2) is 0 Å². The highest BCUT2D eigenvalue weighted by Gasteiger charge is 2.92. The van der Waals surface area contributed by atoms with Crippen LogP contribution in [0.4, 0.5) is 124 Å². The summed E-state index contributed by atoms with van der Waals surface area (Å²) in [6.07, 6.45) is -19.6. The third-order valence-corrected chi connectivity index (χ3v) is 9.23. The molecule has 0 unspecified atom stereocenters. The van der Waals surface area contributed by atoms with E-state index in [2.05, 4.69) is 0 Å². The average molecular weight is 1170 g/mol. The smallest absolute Gasteiger partial charge is 0.460 e. The van der Waals surface area contributed by atoms with Crippen LogP contribution >= 0.6 is 0 Å². The van der Waals surface area contributed by atoms with Crippen molar-refractivity contribution in [2.45, 2.75) is 97.3 Å². The van der Waals surface area contributed by atoms with Crippen LogP contribution in [-0.2, 0) is 0 Å². The van der Waals surface area contributed by atoms with Gasteiger partial charge in [0.15, 0.2) is 0 Å². The first-order valence-corrected chi connectivity index (χ1v) is 17.5. The van der Waals surface area contributed by atoms with Gasteiger partial charge in [-0.15, -0.1) is 0 Å². The molecule has 0 rings (SSSR count). The van der Waals surface area contributed by atoms with Gasteiger partial charge in [0.25, 0.3) is 0 Å². The molecule has 36 heteroatoms. The van der Waals surface area contributed by atoms with Gasteiger partial charge in [-0.2, -0.15) is 114 Å². The number of carbonyl (C=O) groups is 2. The number of rotatable bonds is 25. The summed E-state index contributed by atoms with van der Waals surface area (Å²) >= 11 is 0. The number of halogens is 28. The van der Waals surface area contributed by atoms with Crippen LogP contribution in [0.3, 0.4) is 0 Å². The van der Waals surface area contributed by atoms with Crippen LogP contribution in [0.1, 0.15) is 25.7 Å². The minimum atomic E-state index is -8.06. The fourth-order valence-corrected chi connectivity index (χ4v) is 4.96. The lowest BCUT2D eigenvalue weighted by atomic mass is 9.92. The number of nitrogens with zero attached hydrogens (tertiary/aromatic N) is 2. The summed E-state index contributed by atoms with van der Waals surface area (Å²) in [5.41, 5.74) is 0. The Balaban J connectivity index is -0.0000198. The van der Waals surface area contributed by atoms with E-state index in [4.69, 9.17) is 0 Å². The van der Waals surface area contributed by atoms with Crippen LogP contribution < -0.4 is 55.2 Å². The highest BCUT2D eigenvalue weighted by molar-refractivity contribution is 5.74. The summed E-state index contributed by atoms with van der Waals surface area (Å²) in [5.74, 6) is -75.6. The first-order valence-electron chi connectivity index (χ1n) is 17.5. The summed E-state index contributed by atoms with van der Waals surface area (Å²) in [4.78, 5) is 23.7. The number of carbonyl (C=O) groups excluding carboxylic acids is 2. The van der Waals surface area contributed by atoms with Crippen molar-refractivity contribution >= 4 is 12.1 Å². The van der Waals surface area contributed by atoms with Crippen LogP contribution in [0.25, 0.3) is 0 Å². The normalized spacial score (nSPS) is 14.8. The molecule has 0 aromatic rings. The van der Waals surface area contributed by atoms with Gasteiger partial charge in [-0.3, -0.25) is 0 Å². The van der Waals surface area contributed by atoms with Crippen molar-refractivity contribution in [3.05, 3.63) is 0 Å². The van der Waals surface area contributed by atoms with E-state index in [-0.39, 0.29) is 69.1 Å². The van der Waals surface area contributed by atoms with E-state index < -0.39 is 110 Å². The lowest BCUT2D eigenvalue weighted by Gasteiger charge is -2.39. The number of urea groups is 2. The number of unbranched alkanes of at least 4 members (excludes halogenated alkanes) is 1. The maximum Gasteiger partial charge on any atom is 0.460 e. The molecule has 4 amide bonds. The van der Waals surface area contributed by atoms with E-state index in [9.17, 15) is 124 Å². The number of quaternary nitrogens is 2. The van der Waals surface area contributed by atoms with Gasteiger partial charge in [0.05, 0.1) is 67.5 Å². The van der Waals surface area contributed by atoms with Crippen molar-refractivity contribution in [1.82, 2.24) is 21.3 Å². The summed E-state index contributed by atoms with van der Waals surface area (Å²) in [6.45, 7) is -3.28. The highest BCUT2D eigenvalue weighted by Crippen LogP contribution is 2.62. The van der Waals surface area contributed by atoms with Crippen LogP contribution in [0.2, 0.25) is 0 Å². The number of likely N-dealkylation sites (N-methyl/N-ethyl adjacent to an activating group) is 2. The molecule has 8 nitrogen and oxygen atoms in total. The Hall–Kier alpha value is -2.40. The fraction of sp³-hybridized carbons (Fsp3) is 0.933. The second-order valence-corrected chi connectivity index (χ2v) is 15.3. The number of hydrogen-bond donors (Lipinski definition) is 4. The Morgan fingerprint density at radius 2 is 0.545 bits per heavy atom. The average Bonchev–Trinajstić information content (AvgIpc) is 3.08. The molecule has 0 bridgehead atoms. The number of hydrogen-bond acceptors (Lipinski definition) is 2. The third kappa shape index (κ3) is 14.6. The summed E-state index contributed by atoms with van der Waals surface area (Å²) in [6, 6.07) is -2.85. The molecule has 0 spiro atoms. The van der Waals surface area contributed by atoms with Crippen LogP contribution in [0, 0.1) is 0 Å². The van der Waals surface area contributed by atoms with E-state index >= 15 is 0 Å². The second kappa shape index (κ2) is 22.1. The van der Waals surface area contributed by atoms with E-state index in [1.807, 2.05) is 10.6 Å². The zero-order chi connectivity index (χ0) is 51.5. The quantitative estimate of drug-likeness (QED) is 0.0646. The van der Waals surface area contributed by atoms with E-state index in [0.29, 0.717) is 25.9 Å². The molecular weight excluding hydrogens is 1130 g/mol. The molecule has 0 saturated heterocycles. The van der Waals surface area contributed by atoms with E-state index in [0.717, 1.165) is 0 Å². The largest absolute Gasteiger partial charge is 1.00 e. The van der Waals surface area contributed by atoms with E-state index in [1.165, 1.54) is 10.6 Å². The second-order valence-electron chi connectivity index (χ2n) is 15.3. The maximum atomic E-state index is 13.9. The number of amides is 4. The fourth-order valence-electron chi connectivity index (χ4n) is 4.96. The Labute approximate surface area is 377 Å². The molecule has 4 N–H and O–H groups in total. The molecule has 0 fully saturated rings. The van der Waals surface area contributed by atoms with Gasteiger partial charge in [0.2, 0.25) is 0 Å². The number of nitrogens with one attached hydrogen (secondary N) is 4. The molecule has 0 aliphatic carbocycles. The zero-order valence-corrected chi connectivity index (χ0v) is 37.0. The van der Waals surface area contributed by atoms with Crippen LogP contribution in [-0.4, -0.2) is 173 Å². The Morgan fingerprint density at radius 1 is 0.333 bits per heavy atom. The molecule has 0 aliphatic rings. The van der Waals surface area contributed by atoms with Gasteiger partial charge in [-0.05, 0) is 0 Å². The Kier molecular flexibility index (Phi) is 22.8. The standard InChI is InChI=1S/C30H38F26N6O2.2BrH/c1-61(2,15-11-59-17(63)57-9-7-19(31,32)21(35,36)23(39,40)25(43,44)27(47,48)29(51,52)53)13-5-6-14-62(3,4)16-12-60-18(64)58-10-8-20(33,34)22(37,38)24(41,42)26(45,46)28(49,50)30(54,55)56;;/h5-16H2,1-4H3,(H2-2,57,58,59,60,63,64);2*1H. The minimum absolute atomic E-state index is 0. The van der Waals surface area contributed by atoms with Crippen LogP contribution in [0.5, 0.6) is 0 Å². The van der Waals surface area contributed by atoms with Crippen molar-refractivity contribution in [3.63, 3.8) is 0 Å². The molecule has 0 atom stereocenters. The lowest BCUT2D eigenvalue weighted by molar-refractivity contribution is -0.895. The Morgan fingerprint density at radius 3 is 0.773 bits per heavy atom. The predicted molar refractivity (Wildman–Crippen MR) is 167 cm³/mol. The van der Waals surface area contributed by atoms with Crippen molar-refractivity contribution in [3.8, 4) is 0 Å². The maximum absolute atomic E-state index is 13.9. The molecular formula is C30H40Br2F26N6O2. The van der Waals surface area contributed by atoms with Crippen molar-refractivity contribution in [1.29, 1.82) is 0 Å². The SMILES string of the molecule is C[N+](C)(CCCC[N+](C)(C)CCNC(=O)NCCC(F)(F)C(F)(F)C(F)(F)C(F)(F)C(F)(F)C(F)(F)F)CCNC(=O)NCCC(F)(F)C(F)(F)C(F)(F)C(F)(F)C(F)(F)C(F)(F)F.[Br-].[Br-]. The predicted octanol–water partition coefficient (Wildman–Crippen LogP) is 2.78. The summed E-state index contributed by atoms with van der Waals surface area (Å²) in [7, 11) is 6.36. The molecule has 0 radical (unpaired) electrons. The van der Waals surface area contributed by atoms with Crippen molar-refractivity contribution < 1.29 is 167 Å². The topological polar surface area (TPSA) is 82.3 Å². The first-order chi connectivity index (χ1) is 27.9. The van der Waals surface area contributed by atoms with Gasteiger partial charge in [-0.25, -0.2) is 9.59 Å². The molecule has 0 aliphatic heterocycles. The van der Waals surface area contributed by atoms with Gasteiger partial charge in [0.1, 0.15) is 0 Å². The molecule has 398 valence electrons. The molecule has 0 saturated carbocycles. The minimum Gasteiger partial charge on any atom is -1.00 e. The molecule has 0 aromatic heterocycles. The molecule has 66 heavy (non-hydrogen) atoms. The zero-order valence-electron chi connectivity index (χ0n) is 33.8. The van der Waals surface area contributed by atoms with E-state index in [1.54, 1.807) is 28.2 Å². The summed E-state index contributed by atoms with van der Waals surface area (Å²) in [5, 5.41) is 6.97. The molecule has 0 heterocycles.